The average Bonchev–Trinajstić information content (AvgIpc) is 2.87. The van der Waals surface area contributed by atoms with Crippen LogP contribution in [-0.4, -0.2) is 58.7 Å². The summed E-state index contributed by atoms with van der Waals surface area (Å²) in [6.45, 7) is 9.77. The maximum absolute atomic E-state index is 12.1. The lowest BCUT2D eigenvalue weighted by atomic mass is 9.80. The van der Waals surface area contributed by atoms with Crippen LogP contribution in [0.4, 0.5) is 0 Å². The maximum atomic E-state index is 12.1. The van der Waals surface area contributed by atoms with E-state index in [9.17, 15) is 4.79 Å². The lowest BCUT2D eigenvalue weighted by Crippen LogP contribution is -2.43. The van der Waals surface area contributed by atoms with Gasteiger partial charge in [0.1, 0.15) is 0 Å². The molecule has 6 nitrogen and oxygen atoms in total. The molecule has 1 saturated heterocycles. The molecule has 0 radical (unpaired) electrons. The summed E-state index contributed by atoms with van der Waals surface area (Å²) >= 11 is 0. The number of rotatable bonds is 5. The van der Waals surface area contributed by atoms with Crippen molar-refractivity contribution in [2.45, 2.75) is 65.1 Å². The average molecular weight is 374 g/mol. The molecule has 6 heteroatoms. The normalized spacial score (nSPS) is 24.1. The van der Waals surface area contributed by atoms with Gasteiger partial charge in [-0.2, -0.15) is 5.10 Å². The molecular formula is C21H35N5O. The van der Waals surface area contributed by atoms with Gasteiger partial charge >= 0.3 is 0 Å². The van der Waals surface area contributed by atoms with Gasteiger partial charge < -0.3 is 10.2 Å². The zero-order valence-electron chi connectivity index (χ0n) is 17.0. The van der Waals surface area contributed by atoms with Crippen LogP contribution in [0.15, 0.2) is 6.07 Å². The Kier molecular flexibility index (Phi) is 5.55. The van der Waals surface area contributed by atoms with E-state index < -0.39 is 0 Å². The molecular weight excluding hydrogens is 338 g/mol. The minimum atomic E-state index is 0.210. The fourth-order valence-corrected chi connectivity index (χ4v) is 4.66. The van der Waals surface area contributed by atoms with Gasteiger partial charge in [-0.1, -0.05) is 13.3 Å². The number of aromatic nitrogens is 2. The van der Waals surface area contributed by atoms with Crippen molar-refractivity contribution in [2.75, 3.05) is 33.2 Å². The molecule has 0 unspecified atom stereocenters. The Morgan fingerprint density at radius 2 is 2.00 bits per heavy atom. The van der Waals surface area contributed by atoms with Crippen molar-refractivity contribution in [3.05, 3.63) is 17.5 Å². The minimum absolute atomic E-state index is 0.210. The molecule has 1 amide bonds. The Morgan fingerprint density at radius 1 is 1.22 bits per heavy atom. The fourth-order valence-electron chi connectivity index (χ4n) is 4.66. The first-order valence-corrected chi connectivity index (χ1v) is 10.7. The van der Waals surface area contributed by atoms with Crippen LogP contribution in [-0.2, 0) is 24.4 Å². The second-order valence-electron chi connectivity index (χ2n) is 9.37. The zero-order valence-corrected chi connectivity index (χ0v) is 17.0. The highest BCUT2D eigenvalue weighted by molar-refractivity contribution is 5.79. The molecule has 2 fully saturated rings. The number of carbonyl (C=O) groups excluding carboxylic acids is 1. The number of nitrogens with one attached hydrogen (secondary N) is 1. The summed E-state index contributed by atoms with van der Waals surface area (Å²) < 4.78 is 2.17. The second-order valence-corrected chi connectivity index (χ2v) is 9.37. The maximum Gasteiger partial charge on any atom is 0.223 e. The molecule has 3 aliphatic rings. The molecule has 2 aliphatic heterocycles. The van der Waals surface area contributed by atoms with Crippen molar-refractivity contribution in [3.63, 3.8) is 0 Å². The van der Waals surface area contributed by atoms with Crippen LogP contribution in [0, 0.1) is 11.3 Å². The van der Waals surface area contributed by atoms with Crippen LogP contribution in [0.3, 0.4) is 0 Å². The van der Waals surface area contributed by atoms with Gasteiger partial charge in [0.15, 0.2) is 0 Å². The molecule has 1 aromatic heterocycles. The Labute approximate surface area is 163 Å². The molecule has 0 spiro atoms. The van der Waals surface area contributed by atoms with E-state index in [1.54, 1.807) is 0 Å². The van der Waals surface area contributed by atoms with Crippen LogP contribution in [0.1, 0.15) is 56.8 Å². The first-order chi connectivity index (χ1) is 13.0. The number of likely N-dealkylation sites (tertiary alicyclic amines) is 1. The zero-order chi connectivity index (χ0) is 18.9. The van der Waals surface area contributed by atoms with Crippen LogP contribution in [0.5, 0.6) is 0 Å². The van der Waals surface area contributed by atoms with Crippen LogP contribution in [0.25, 0.3) is 0 Å². The number of nitrogens with zero attached hydrogens (tertiary/aromatic N) is 4. The quantitative estimate of drug-likeness (QED) is 0.860. The van der Waals surface area contributed by atoms with Gasteiger partial charge in [-0.05, 0) is 63.7 Å². The predicted molar refractivity (Wildman–Crippen MR) is 106 cm³/mol. The van der Waals surface area contributed by atoms with Crippen molar-refractivity contribution in [2.24, 2.45) is 11.3 Å². The van der Waals surface area contributed by atoms with Gasteiger partial charge in [0.2, 0.25) is 5.91 Å². The molecule has 0 atom stereocenters. The SMILES string of the molecule is CN1CCC(C)(CN2CCCn3nc(CNC(=O)C4CCC4)cc3C2)CC1. The predicted octanol–water partition coefficient (Wildman–Crippen LogP) is 2.24. The summed E-state index contributed by atoms with van der Waals surface area (Å²) in [5.41, 5.74) is 2.74. The van der Waals surface area contributed by atoms with E-state index in [-0.39, 0.29) is 11.8 Å². The van der Waals surface area contributed by atoms with Crippen LogP contribution < -0.4 is 5.32 Å². The highest BCUT2D eigenvalue weighted by Crippen LogP contribution is 2.32. The summed E-state index contributed by atoms with van der Waals surface area (Å²) in [4.78, 5) is 17.1. The first-order valence-electron chi connectivity index (χ1n) is 10.7. The first kappa shape index (κ1) is 18.9. The Morgan fingerprint density at radius 3 is 2.70 bits per heavy atom. The number of piperidine rings is 1. The largest absolute Gasteiger partial charge is 0.350 e. The van der Waals surface area contributed by atoms with E-state index in [2.05, 4.69) is 39.8 Å². The van der Waals surface area contributed by atoms with Crippen LogP contribution in [0.2, 0.25) is 0 Å². The third-order valence-corrected chi connectivity index (χ3v) is 6.86. The Hall–Kier alpha value is -1.40. The molecule has 27 heavy (non-hydrogen) atoms. The summed E-state index contributed by atoms with van der Waals surface area (Å²) in [7, 11) is 2.23. The smallest absolute Gasteiger partial charge is 0.223 e. The Bertz CT molecular complexity index is 658. The summed E-state index contributed by atoms with van der Waals surface area (Å²) in [6.07, 6.45) is 7.03. The lowest BCUT2D eigenvalue weighted by Gasteiger charge is -2.41. The summed E-state index contributed by atoms with van der Waals surface area (Å²) in [6, 6.07) is 2.20. The molecule has 150 valence electrons. The number of hydrogen-bond donors (Lipinski definition) is 1. The number of aryl methyl sites for hydroxylation is 1. The van der Waals surface area contributed by atoms with Crippen LogP contribution >= 0.6 is 0 Å². The highest BCUT2D eigenvalue weighted by Gasteiger charge is 2.32. The number of hydrogen-bond acceptors (Lipinski definition) is 4. The number of amides is 1. The van der Waals surface area contributed by atoms with E-state index in [0.717, 1.165) is 44.6 Å². The van der Waals surface area contributed by atoms with Crippen molar-refractivity contribution in [1.82, 2.24) is 24.9 Å². The molecule has 0 aromatic carbocycles. The van der Waals surface area contributed by atoms with Crippen molar-refractivity contribution in [1.29, 1.82) is 0 Å². The molecule has 1 N–H and O–H groups in total. The van der Waals surface area contributed by atoms with Gasteiger partial charge in [0, 0.05) is 32.1 Å². The van der Waals surface area contributed by atoms with Crippen molar-refractivity contribution in [3.8, 4) is 0 Å². The monoisotopic (exact) mass is 373 g/mol. The van der Waals surface area contributed by atoms with Gasteiger partial charge in [0.05, 0.1) is 17.9 Å². The van der Waals surface area contributed by atoms with E-state index in [4.69, 9.17) is 5.10 Å². The van der Waals surface area contributed by atoms with E-state index in [1.807, 2.05) is 0 Å². The third-order valence-electron chi connectivity index (χ3n) is 6.86. The van der Waals surface area contributed by atoms with Gasteiger partial charge in [-0.15, -0.1) is 0 Å². The van der Waals surface area contributed by atoms with Crippen molar-refractivity contribution < 1.29 is 4.79 Å². The standard InChI is InChI=1S/C21H35N5O/c1-21(7-11-24(2)12-8-21)16-25-9-4-10-26-19(15-25)13-18(23-26)14-22-20(27)17-5-3-6-17/h13,17H,3-12,14-16H2,1-2H3,(H,22,27). The van der Waals surface area contributed by atoms with E-state index in [0.29, 0.717) is 12.0 Å². The number of carbonyl (C=O) groups is 1. The Balaban J connectivity index is 1.34. The van der Waals surface area contributed by atoms with E-state index >= 15 is 0 Å². The fraction of sp³-hybridized carbons (Fsp3) is 0.810. The summed E-state index contributed by atoms with van der Waals surface area (Å²) in [5, 5.41) is 7.84. The number of fused-ring (bicyclic) bond motifs is 1. The molecule has 3 heterocycles. The topological polar surface area (TPSA) is 53.4 Å². The molecule has 1 saturated carbocycles. The van der Waals surface area contributed by atoms with Gasteiger partial charge in [0.25, 0.3) is 0 Å². The molecule has 0 bridgehead atoms. The summed E-state index contributed by atoms with van der Waals surface area (Å²) in [5.74, 6) is 0.456. The third kappa shape index (κ3) is 4.54. The minimum Gasteiger partial charge on any atom is -0.350 e. The van der Waals surface area contributed by atoms with E-state index in [1.165, 1.54) is 44.6 Å². The molecule has 1 aliphatic carbocycles. The van der Waals surface area contributed by atoms with Gasteiger partial charge in [-0.25, -0.2) is 0 Å². The molecule has 1 aromatic rings. The lowest BCUT2D eigenvalue weighted by molar-refractivity contribution is -0.127. The van der Waals surface area contributed by atoms with Crippen molar-refractivity contribution >= 4 is 5.91 Å². The second kappa shape index (κ2) is 7.92. The molecule has 4 rings (SSSR count). The highest BCUT2D eigenvalue weighted by atomic mass is 16.1. The van der Waals surface area contributed by atoms with Gasteiger partial charge in [-0.3, -0.25) is 14.4 Å².